The first kappa shape index (κ1) is 12.0. The van der Waals surface area contributed by atoms with Crippen LogP contribution in [0.25, 0.3) is 0 Å². The summed E-state index contributed by atoms with van der Waals surface area (Å²) >= 11 is 17.0. The molecule has 2 rings (SSSR count). The van der Waals surface area contributed by atoms with Gasteiger partial charge in [-0.15, -0.1) is 0 Å². The third-order valence-corrected chi connectivity index (χ3v) is 3.68. The first-order valence-electron chi connectivity index (χ1n) is 5.06. The van der Waals surface area contributed by atoms with E-state index in [2.05, 4.69) is 0 Å². The van der Waals surface area contributed by atoms with Crippen molar-refractivity contribution in [2.45, 2.75) is 19.3 Å². The van der Waals surface area contributed by atoms with E-state index < -0.39 is 0 Å². The smallest absolute Gasteiger partial charge is 0.246 e. The van der Waals surface area contributed by atoms with Crippen LogP contribution < -0.4 is 4.90 Å². The molecule has 16 heavy (non-hydrogen) atoms. The molecule has 0 N–H and O–H groups in total. The van der Waals surface area contributed by atoms with Gasteiger partial charge in [0.1, 0.15) is 5.02 Å². The minimum atomic E-state index is 0.102. The molecule has 0 spiro atoms. The fraction of sp³-hybridized carbons (Fsp3) is 0.364. The van der Waals surface area contributed by atoms with Gasteiger partial charge in [-0.3, -0.25) is 4.79 Å². The van der Waals surface area contributed by atoms with E-state index in [1.807, 2.05) is 0 Å². The van der Waals surface area contributed by atoms with E-state index in [4.69, 9.17) is 34.8 Å². The highest BCUT2D eigenvalue weighted by Gasteiger charge is 2.23. The van der Waals surface area contributed by atoms with Crippen LogP contribution in [-0.2, 0) is 4.79 Å². The molecule has 1 aliphatic heterocycles. The van der Waals surface area contributed by atoms with Gasteiger partial charge in [0.2, 0.25) is 10.9 Å². The van der Waals surface area contributed by atoms with Crippen LogP contribution in [-0.4, -0.2) is 12.5 Å². The molecule has 0 atom stereocenters. The SMILES string of the molecule is O=C1CCCCN1c1cc([ClH+])c(Cl)cc1Cl. The normalized spacial score (nSPS) is 16.7. The largest absolute Gasteiger partial charge is 0.311 e. The number of nitrogens with zero attached hydrogens (tertiary/aromatic N) is 1. The van der Waals surface area contributed by atoms with Crippen LogP contribution in [0.2, 0.25) is 15.1 Å². The number of carbonyl (C=O) groups is 1. The second kappa shape index (κ2) is 4.82. The van der Waals surface area contributed by atoms with Gasteiger partial charge in [-0.2, -0.15) is 0 Å². The molecule has 0 radical (unpaired) electrons. The van der Waals surface area contributed by atoms with E-state index in [0.717, 1.165) is 12.8 Å². The summed E-state index contributed by atoms with van der Waals surface area (Å²) in [7, 11) is 0. The highest BCUT2D eigenvalue weighted by Crippen LogP contribution is 2.34. The molecule has 0 saturated carbocycles. The fourth-order valence-corrected chi connectivity index (χ4v) is 2.44. The van der Waals surface area contributed by atoms with Gasteiger partial charge in [-0.05, 0) is 18.9 Å². The molecule has 1 amide bonds. The molecule has 86 valence electrons. The van der Waals surface area contributed by atoms with E-state index in [-0.39, 0.29) is 5.91 Å². The maximum Gasteiger partial charge on any atom is 0.246 e. The molecule has 1 saturated heterocycles. The number of piperidine rings is 1. The Kier molecular flexibility index (Phi) is 3.63. The zero-order valence-electron chi connectivity index (χ0n) is 8.50. The first-order chi connectivity index (χ1) is 7.59. The van der Waals surface area contributed by atoms with Crippen molar-refractivity contribution in [3.05, 3.63) is 27.2 Å². The van der Waals surface area contributed by atoms with Gasteiger partial charge in [0.25, 0.3) is 0 Å². The molecule has 1 aromatic rings. The summed E-state index contributed by atoms with van der Waals surface area (Å²) < 4.78 is 0. The summed E-state index contributed by atoms with van der Waals surface area (Å²) in [6.45, 7) is 0.703. The van der Waals surface area contributed by atoms with Crippen molar-refractivity contribution in [2.75, 3.05) is 11.4 Å². The van der Waals surface area contributed by atoms with Gasteiger partial charge < -0.3 is 4.90 Å². The Balaban J connectivity index is 2.39. The predicted octanol–water partition coefficient (Wildman–Crippen LogP) is 3.21. The quantitative estimate of drug-likeness (QED) is 0.723. The molecule has 1 aliphatic rings. The summed E-state index contributed by atoms with van der Waals surface area (Å²) in [5.41, 5.74) is 0.681. The Morgan fingerprint density at radius 1 is 1.19 bits per heavy atom. The average molecular weight is 280 g/mol. The highest BCUT2D eigenvalue weighted by atomic mass is 35.5. The van der Waals surface area contributed by atoms with Crippen LogP contribution in [0.1, 0.15) is 19.3 Å². The number of benzene rings is 1. The monoisotopic (exact) mass is 278 g/mol. The molecule has 0 unspecified atom stereocenters. The third kappa shape index (κ3) is 2.29. The number of amides is 1. The van der Waals surface area contributed by atoms with E-state index in [9.17, 15) is 4.79 Å². The summed E-state index contributed by atoms with van der Waals surface area (Å²) in [5.74, 6) is 0.102. The lowest BCUT2D eigenvalue weighted by molar-refractivity contribution is -0.288. The Morgan fingerprint density at radius 2 is 1.94 bits per heavy atom. The maximum absolute atomic E-state index is 11.7. The van der Waals surface area contributed by atoms with Gasteiger partial charge in [0, 0.05) is 19.0 Å². The third-order valence-electron chi connectivity index (χ3n) is 2.62. The van der Waals surface area contributed by atoms with E-state index in [1.165, 1.54) is 0 Å². The second-order valence-corrected chi connectivity index (χ2v) is 4.99. The number of rotatable bonds is 1. The number of hydrogen-bond donors (Lipinski definition) is 0. The molecule has 1 fully saturated rings. The van der Waals surface area contributed by atoms with Gasteiger partial charge >= 0.3 is 0 Å². The van der Waals surface area contributed by atoms with Crippen LogP contribution in [0, 0.1) is 11.6 Å². The van der Waals surface area contributed by atoms with Crippen LogP contribution in [0.4, 0.5) is 5.69 Å². The number of hydrogen-bond acceptors (Lipinski definition) is 1. The van der Waals surface area contributed by atoms with Crippen molar-refractivity contribution < 1.29 is 16.4 Å². The molecule has 0 aromatic heterocycles. The number of carbonyl (C=O) groups excluding carboxylic acids is 1. The summed E-state index contributed by atoms with van der Waals surface area (Å²) in [5, 5.41) is 1.46. The van der Waals surface area contributed by atoms with Crippen molar-refractivity contribution in [1.82, 2.24) is 0 Å². The predicted molar refractivity (Wildman–Crippen MR) is 63.2 cm³/mol. The van der Waals surface area contributed by atoms with Crippen molar-refractivity contribution in [1.29, 1.82) is 0 Å². The van der Waals surface area contributed by atoms with Gasteiger partial charge in [-0.25, -0.2) is 0 Å². The van der Waals surface area contributed by atoms with E-state index >= 15 is 0 Å². The molecular formula is C11H11Cl3NO+. The first-order valence-corrected chi connectivity index (χ1v) is 6.22. The Morgan fingerprint density at radius 3 is 2.62 bits per heavy atom. The van der Waals surface area contributed by atoms with Crippen LogP contribution >= 0.6 is 23.2 Å². The second-order valence-electron chi connectivity index (χ2n) is 3.74. The van der Waals surface area contributed by atoms with Crippen molar-refractivity contribution in [3.63, 3.8) is 0 Å². The van der Waals surface area contributed by atoms with Gasteiger partial charge in [0.15, 0.2) is 11.6 Å². The van der Waals surface area contributed by atoms with Crippen LogP contribution in [0.5, 0.6) is 0 Å². The molecule has 1 aromatic carbocycles. The molecule has 5 heteroatoms. The minimum absolute atomic E-state index is 0.102. The standard InChI is InChI=1S/C11H11Cl3NO/c12-7-5-9(14)10(6-8(7)13)15-4-2-1-3-11(15)16/h5-6,13H,1-4H2/q+1. The van der Waals surface area contributed by atoms with Gasteiger partial charge in [0.05, 0.1) is 10.7 Å². The van der Waals surface area contributed by atoms with Crippen LogP contribution in [0.15, 0.2) is 12.1 Å². The molecule has 0 aliphatic carbocycles. The Hall–Kier alpha value is -0.440. The lowest BCUT2D eigenvalue weighted by atomic mass is 10.1. The zero-order chi connectivity index (χ0) is 11.7. The molecule has 1 heterocycles. The van der Waals surface area contributed by atoms with E-state index in [1.54, 1.807) is 17.0 Å². The van der Waals surface area contributed by atoms with Crippen molar-refractivity contribution in [2.24, 2.45) is 0 Å². The molecular weight excluding hydrogens is 268 g/mol. The number of anilines is 1. The Bertz CT molecular complexity index is 433. The van der Waals surface area contributed by atoms with Crippen molar-refractivity contribution >= 4 is 34.8 Å². The average Bonchev–Trinajstić information content (AvgIpc) is 2.25. The minimum Gasteiger partial charge on any atom is -0.311 e. The Labute approximate surface area is 109 Å². The number of halogens is 3. The highest BCUT2D eigenvalue weighted by molar-refractivity contribution is 6.37. The van der Waals surface area contributed by atoms with Gasteiger partial charge in [-0.1, -0.05) is 23.2 Å². The fourth-order valence-electron chi connectivity index (χ4n) is 1.79. The summed E-state index contributed by atoms with van der Waals surface area (Å²) in [6.07, 6.45) is 2.52. The topological polar surface area (TPSA) is 20.3 Å². The zero-order valence-corrected chi connectivity index (χ0v) is 10.8. The van der Waals surface area contributed by atoms with E-state index in [0.29, 0.717) is 33.7 Å². The lowest BCUT2D eigenvalue weighted by Gasteiger charge is -2.27. The molecule has 0 bridgehead atoms. The van der Waals surface area contributed by atoms with Crippen LogP contribution in [0.3, 0.4) is 0 Å². The maximum atomic E-state index is 11.7. The lowest BCUT2D eigenvalue weighted by Crippen LogP contribution is -2.35. The summed E-state index contributed by atoms with van der Waals surface area (Å²) in [4.78, 5) is 13.4. The molecule has 2 nitrogen and oxygen atoms in total. The van der Waals surface area contributed by atoms with Crippen molar-refractivity contribution in [3.8, 4) is 0 Å². The summed E-state index contributed by atoms with van der Waals surface area (Å²) in [6, 6.07) is 3.30.